The Hall–Kier alpha value is -1.40. The first-order chi connectivity index (χ1) is 9.01. The Kier molecular flexibility index (Phi) is 5.98. The molecule has 108 valence electrons. The molecule has 0 spiro atoms. The summed E-state index contributed by atoms with van der Waals surface area (Å²) in [6.45, 7) is 7.02. The van der Waals surface area contributed by atoms with Gasteiger partial charge in [-0.3, -0.25) is 9.48 Å². The van der Waals surface area contributed by atoms with Crippen LogP contribution in [-0.2, 0) is 6.54 Å². The minimum atomic E-state index is -0.237. The first-order valence-electron chi connectivity index (χ1n) is 6.65. The lowest BCUT2D eigenvalue weighted by atomic mass is 10.0. The molecule has 19 heavy (non-hydrogen) atoms. The lowest BCUT2D eigenvalue weighted by Gasteiger charge is -2.19. The van der Waals surface area contributed by atoms with Gasteiger partial charge in [0.15, 0.2) is 0 Å². The topological polar surface area (TPSA) is 93.2 Å². The minimum Gasteiger partial charge on any atom is -0.394 e. The van der Waals surface area contributed by atoms with Gasteiger partial charge < -0.3 is 16.2 Å². The number of amides is 1. The van der Waals surface area contributed by atoms with Crippen LogP contribution in [0.1, 0.15) is 36.3 Å². The number of rotatable bonds is 7. The van der Waals surface area contributed by atoms with Gasteiger partial charge in [-0.2, -0.15) is 5.10 Å². The number of nitrogens with one attached hydrogen (secondary N) is 1. The molecular weight excluding hydrogens is 244 g/mol. The number of hydrogen-bond acceptors (Lipinski definition) is 4. The third-order valence-electron chi connectivity index (χ3n) is 3.24. The van der Waals surface area contributed by atoms with Crippen molar-refractivity contribution in [2.24, 2.45) is 11.7 Å². The Morgan fingerprint density at radius 2 is 2.26 bits per heavy atom. The first-order valence-corrected chi connectivity index (χ1v) is 6.65. The van der Waals surface area contributed by atoms with Crippen LogP contribution in [0.4, 0.5) is 0 Å². The minimum absolute atomic E-state index is 0.0657. The molecule has 0 bridgehead atoms. The van der Waals surface area contributed by atoms with Crippen LogP contribution < -0.4 is 11.1 Å². The number of aliphatic hydroxyl groups is 1. The molecule has 4 N–H and O–H groups in total. The molecule has 0 aliphatic carbocycles. The second kappa shape index (κ2) is 7.25. The number of nitrogens with zero attached hydrogens (tertiary/aromatic N) is 2. The van der Waals surface area contributed by atoms with Gasteiger partial charge in [0.25, 0.3) is 5.91 Å². The third kappa shape index (κ3) is 4.04. The quantitative estimate of drug-likeness (QED) is 0.662. The summed E-state index contributed by atoms with van der Waals surface area (Å²) in [7, 11) is 0. The molecule has 6 heteroatoms. The highest BCUT2D eigenvalue weighted by atomic mass is 16.3. The van der Waals surface area contributed by atoms with Crippen LogP contribution in [0.2, 0.25) is 0 Å². The summed E-state index contributed by atoms with van der Waals surface area (Å²) in [5.41, 5.74) is 6.84. The normalized spacial score (nSPS) is 12.7. The smallest absolute Gasteiger partial charge is 0.255 e. The Labute approximate surface area is 114 Å². The summed E-state index contributed by atoms with van der Waals surface area (Å²) in [5.74, 6) is -0.00853. The fraction of sp³-hybridized carbons (Fsp3) is 0.692. The van der Waals surface area contributed by atoms with E-state index in [1.54, 1.807) is 10.9 Å². The number of carbonyl (C=O) groups is 1. The van der Waals surface area contributed by atoms with E-state index in [1.165, 1.54) is 0 Å². The molecule has 0 unspecified atom stereocenters. The maximum Gasteiger partial charge on any atom is 0.255 e. The number of aryl methyl sites for hydroxylation is 1. The van der Waals surface area contributed by atoms with Gasteiger partial charge in [-0.25, -0.2) is 0 Å². The summed E-state index contributed by atoms with van der Waals surface area (Å²) in [4.78, 5) is 12.1. The zero-order valence-electron chi connectivity index (χ0n) is 11.9. The molecule has 1 aromatic rings. The highest BCUT2D eigenvalue weighted by molar-refractivity contribution is 5.95. The Bertz CT molecular complexity index is 415. The molecule has 0 aliphatic rings. The van der Waals surface area contributed by atoms with Crippen molar-refractivity contribution in [1.82, 2.24) is 15.1 Å². The Morgan fingerprint density at radius 3 is 2.79 bits per heavy atom. The van der Waals surface area contributed by atoms with E-state index >= 15 is 0 Å². The number of aliphatic hydroxyl groups excluding tert-OH is 1. The van der Waals surface area contributed by atoms with Gasteiger partial charge in [0.05, 0.1) is 24.4 Å². The van der Waals surface area contributed by atoms with Crippen molar-refractivity contribution < 1.29 is 9.90 Å². The fourth-order valence-corrected chi connectivity index (χ4v) is 1.81. The van der Waals surface area contributed by atoms with Gasteiger partial charge >= 0.3 is 0 Å². The molecule has 1 rings (SSSR count). The SMILES string of the molecule is Cc1c(C(=O)N[C@H](CO)C(C)C)cnn1CCCN. The first kappa shape index (κ1) is 15.7. The van der Waals surface area contributed by atoms with E-state index in [0.717, 1.165) is 12.1 Å². The van der Waals surface area contributed by atoms with E-state index in [9.17, 15) is 9.90 Å². The highest BCUT2D eigenvalue weighted by Gasteiger charge is 2.19. The molecule has 0 aromatic carbocycles. The van der Waals surface area contributed by atoms with Gasteiger partial charge in [0.1, 0.15) is 0 Å². The second-order valence-corrected chi connectivity index (χ2v) is 5.02. The molecule has 0 saturated carbocycles. The van der Waals surface area contributed by atoms with Crippen LogP contribution in [0.15, 0.2) is 6.20 Å². The summed E-state index contributed by atoms with van der Waals surface area (Å²) in [5, 5.41) is 16.2. The van der Waals surface area contributed by atoms with Crippen molar-refractivity contribution in [2.75, 3.05) is 13.2 Å². The number of hydrogen-bond donors (Lipinski definition) is 3. The summed E-state index contributed by atoms with van der Waals surface area (Å²) < 4.78 is 1.78. The maximum atomic E-state index is 12.1. The number of carbonyl (C=O) groups excluding carboxylic acids is 1. The van der Waals surface area contributed by atoms with E-state index in [-0.39, 0.29) is 24.5 Å². The largest absolute Gasteiger partial charge is 0.394 e. The zero-order valence-corrected chi connectivity index (χ0v) is 11.9. The summed E-state index contributed by atoms with van der Waals surface area (Å²) in [6.07, 6.45) is 2.39. The summed E-state index contributed by atoms with van der Waals surface area (Å²) in [6, 6.07) is -0.237. The van der Waals surface area contributed by atoms with E-state index < -0.39 is 0 Å². The van der Waals surface area contributed by atoms with Crippen LogP contribution in [0.5, 0.6) is 0 Å². The van der Waals surface area contributed by atoms with E-state index in [1.807, 2.05) is 20.8 Å². The average Bonchev–Trinajstić information content (AvgIpc) is 2.74. The third-order valence-corrected chi connectivity index (χ3v) is 3.24. The van der Waals surface area contributed by atoms with Crippen molar-refractivity contribution in [2.45, 2.75) is 39.8 Å². The number of nitrogens with two attached hydrogens (primary N) is 1. The predicted octanol–water partition coefficient (Wildman–Crippen LogP) is 0.287. The van der Waals surface area contributed by atoms with Crippen LogP contribution >= 0.6 is 0 Å². The van der Waals surface area contributed by atoms with Crippen LogP contribution in [-0.4, -0.2) is 40.0 Å². The molecule has 0 fully saturated rings. The van der Waals surface area contributed by atoms with Gasteiger partial charge in [0, 0.05) is 12.2 Å². The van der Waals surface area contributed by atoms with Gasteiger partial charge in [-0.1, -0.05) is 13.8 Å². The second-order valence-electron chi connectivity index (χ2n) is 5.02. The van der Waals surface area contributed by atoms with E-state index in [2.05, 4.69) is 10.4 Å². The lowest BCUT2D eigenvalue weighted by molar-refractivity contribution is 0.0896. The fourth-order valence-electron chi connectivity index (χ4n) is 1.81. The van der Waals surface area contributed by atoms with Crippen molar-refractivity contribution in [3.05, 3.63) is 17.5 Å². The van der Waals surface area contributed by atoms with E-state index in [0.29, 0.717) is 18.7 Å². The molecule has 1 atom stereocenters. The molecular formula is C13H24N4O2. The van der Waals surface area contributed by atoms with Gasteiger partial charge in [0.2, 0.25) is 0 Å². The molecule has 1 amide bonds. The van der Waals surface area contributed by atoms with Gasteiger partial charge in [-0.05, 0) is 25.8 Å². The highest BCUT2D eigenvalue weighted by Crippen LogP contribution is 2.09. The summed E-state index contributed by atoms with van der Waals surface area (Å²) >= 11 is 0. The van der Waals surface area contributed by atoms with E-state index in [4.69, 9.17) is 5.73 Å². The predicted molar refractivity (Wildman–Crippen MR) is 73.8 cm³/mol. The molecule has 0 aliphatic heterocycles. The van der Waals surface area contributed by atoms with Crippen molar-refractivity contribution >= 4 is 5.91 Å². The van der Waals surface area contributed by atoms with Crippen LogP contribution in [0.25, 0.3) is 0 Å². The van der Waals surface area contributed by atoms with Gasteiger partial charge in [-0.15, -0.1) is 0 Å². The van der Waals surface area contributed by atoms with Crippen LogP contribution in [0, 0.1) is 12.8 Å². The maximum absolute atomic E-state index is 12.1. The van der Waals surface area contributed by atoms with Crippen molar-refractivity contribution in [3.63, 3.8) is 0 Å². The number of aromatic nitrogens is 2. The molecule has 1 heterocycles. The lowest BCUT2D eigenvalue weighted by Crippen LogP contribution is -2.41. The average molecular weight is 268 g/mol. The molecule has 6 nitrogen and oxygen atoms in total. The zero-order chi connectivity index (χ0) is 14.4. The Morgan fingerprint density at radius 1 is 1.58 bits per heavy atom. The monoisotopic (exact) mass is 268 g/mol. The molecule has 1 aromatic heterocycles. The van der Waals surface area contributed by atoms with Crippen molar-refractivity contribution in [1.29, 1.82) is 0 Å². The Balaban J connectivity index is 2.74. The molecule has 0 saturated heterocycles. The molecule has 0 radical (unpaired) electrons. The standard InChI is InChI=1S/C13H24N4O2/c1-9(2)12(8-18)16-13(19)11-7-15-17(10(11)3)6-4-5-14/h7,9,12,18H,4-6,8,14H2,1-3H3,(H,16,19)/t12-/m1/s1. The van der Waals surface area contributed by atoms with Crippen molar-refractivity contribution in [3.8, 4) is 0 Å². The van der Waals surface area contributed by atoms with Crippen LogP contribution in [0.3, 0.4) is 0 Å².